The van der Waals surface area contributed by atoms with E-state index in [4.69, 9.17) is 4.74 Å². The number of aromatic nitrogens is 2. The van der Waals surface area contributed by atoms with E-state index in [2.05, 4.69) is 15.1 Å². The van der Waals surface area contributed by atoms with Crippen molar-refractivity contribution in [3.05, 3.63) is 72.7 Å². The molecule has 0 saturated carbocycles. The van der Waals surface area contributed by atoms with Gasteiger partial charge in [0, 0.05) is 30.4 Å². The molecule has 1 atom stereocenters. The molecule has 1 aliphatic rings. The molecule has 1 amide bonds. The van der Waals surface area contributed by atoms with Crippen molar-refractivity contribution in [3.8, 4) is 17.0 Å². The van der Waals surface area contributed by atoms with Gasteiger partial charge < -0.3 is 4.74 Å². The van der Waals surface area contributed by atoms with Crippen LogP contribution < -0.4 is 9.75 Å². The number of amides is 1. The van der Waals surface area contributed by atoms with Crippen LogP contribution in [0, 0.1) is 5.92 Å². The summed E-state index contributed by atoms with van der Waals surface area (Å²) in [7, 11) is 1.56. The molecule has 7 nitrogen and oxygen atoms in total. The summed E-state index contributed by atoms with van der Waals surface area (Å²) in [6.07, 6.45) is 5.03. The fourth-order valence-electron chi connectivity index (χ4n) is 3.46. The first kappa shape index (κ1) is 19.4. The number of ether oxygens (including phenoxy) is 1. The number of carbonyl (C=O) groups excluding carboxylic acids is 2. The van der Waals surface area contributed by atoms with Crippen molar-refractivity contribution in [2.45, 2.75) is 13.3 Å². The van der Waals surface area contributed by atoms with E-state index in [1.165, 1.54) is 5.01 Å². The lowest BCUT2D eigenvalue weighted by Crippen LogP contribution is -2.33. The molecule has 0 radical (unpaired) electrons. The van der Waals surface area contributed by atoms with E-state index in [0.29, 0.717) is 17.1 Å². The highest BCUT2D eigenvalue weighted by Crippen LogP contribution is 2.28. The summed E-state index contributed by atoms with van der Waals surface area (Å²) in [6, 6.07) is 14.6. The number of nitrogens with zero attached hydrogens (tertiary/aromatic N) is 4. The molecule has 2 aromatic carbocycles. The molecule has 0 N–H and O–H groups in total. The number of ketones is 1. The third kappa shape index (κ3) is 3.82. The summed E-state index contributed by atoms with van der Waals surface area (Å²) in [5, 5.41) is 5.60. The van der Waals surface area contributed by atoms with Crippen molar-refractivity contribution in [2.75, 3.05) is 12.1 Å². The minimum atomic E-state index is -0.892. The Morgan fingerprint density at radius 3 is 2.73 bits per heavy atom. The number of hydrogen-bond donors (Lipinski definition) is 0. The Morgan fingerprint density at radius 1 is 1.13 bits per heavy atom. The van der Waals surface area contributed by atoms with E-state index >= 15 is 0 Å². The highest BCUT2D eigenvalue weighted by Gasteiger charge is 2.39. The molecule has 4 rings (SSSR count). The zero-order valence-corrected chi connectivity index (χ0v) is 16.6. The number of carbonyl (C=O) groups is 2. The van der Waals surface area contributed by atoms with Crippen LogP contribution in [0.1, 0.15) is 12.5 Å². The predicted octanol–water partition coefficient (Wildman–Crippen LogP) is 3.30. The van der Waals surface area contributed by atoms with Gasteiger partial charge in [-0.05, 0) is 30.7 Å². The molecule has 30 heavy (non-hydrogen) atoms. The van der Waals surface area contributed by atoms with Crippen molar-refractivity contribution in [1.82, 2.24) is 9.97 Å². The molecule has 1 aromatic heterocycles. The summed E-state index contributed by atoms with van der Waals surface area (Å²) in [5.41, 5.74) is 3.46. The SMILES string of the molecule is COc1cccc(N2N=C(C)C(C(=O)Cc3cccc(-c4cnccn4)c3)C2=O)c1. The average molecular weight is 400 g/mol. The van der Waals surface area contributed by atoms with Crippen molar-refractivity contribution in [3.63, 3.8) is 0 Å². The van der Waals surface area contributed by atoms with E-state index in [1.54, 1.807) is 56.9 Å². The molecule has 7 heteroatoms. The van der Waals surface area contributed by atoms with Gasteiger partial charge in [-0.25, -0.2) is 0 Å². The van der Waals surface area contributed by atoms with Crippen LogP contribution in [0.4, 0.5) is 5.69 Å². The number of hydrazone groups is 1. The largest absolute Gasteiger partial charge is 0.497 e. The second-order valence-corrected chi connectivity index (χ2v) is 6.96. The summed E-state index contributed by atoms with van der Waals surface area (Å²) in [6.45, 7) is 1.70. The Hall–Kier alpha value is -3.87. The van der Waals surface area contributed by atoms with Crippen molar-refractivity contribution in [2.24, 2.45) is 11.0 Å². The summed E-state index contributed by atoms with van der Waals surface area (Å²) < 4.78 is 5.21. The van der Waals surface area contributed by atoms with E-state index in [1.807, 2.05) is 24.3 Å². The topological polar surface area (TPSA) is 84.8 Å². The van der Waals surface area contributed by atoms with Gasteiger partial charge in [0.25, 0.3) is 5.91 Å². The maximum Gasteiger partial charge on any atom is 0.263 e. The molecule has 2 heterocycles. The van der Waals surface area contributed by atoms with E-state index in [-0.39, 0.29) is 18.1 Å². The monoisotopic (exact) mass is 400 g/mol. The standard InChI is InChI=1S/C23H20N4O3/c1-15-22(23(29)27(26-15)18-7-4-8-19(13-18)30-2)21(28)12-16-5-3-6-17(11-16)20-14-24-9-10-25-20/h3-11,13-14,22H,12H2,1-2H3. The second-order valence-electron chi connectivity index (χ2n) is 6.96. The number of methoxy groups -OCH3 is 1. The molecule has 0 spiro atoms. The highest BCUT2D eigenvalue weighted by atomic mass is 16.5. The molecule has 0 bridgehead atoms. The maximum absolute atomic E-state index is 13.0. The van der Waals surface area contributed by atoms with Gasteiger partial charge in [0.2, 0.25) is 0 Å². The Balaban J connectivity index is 1.53. The zero-order chi connectivity index (χ0) is 21.1. The van der Waals surface area contributed by atoms with Gasteiger partial charge in [-0.1, -0.05) is 24.3 Å². The van der Waals surface area contributed by atoms with Gasteiger partial charge in [0.15, 0.2) is 5.78 Å². The van der Waals surface area contributed by atoms with Crippen LogP contribution in [0.25, 0.3) is 11.3 Å². The van der Waals surface area contributed by atoms with Crippen LogP contribution in [0.2, 0.25) is 0 Å². The number of anilines is 1. The second kappa shape index (κ2) is 8.24. The van der Waals surface area contributed by atoms with Gasteiger partial charge >= 0.3 is 0 Å². The number of hydrogen-bond acceptors (Lipinski definition) is 6. The van der Waals surface area contributed by atoms with Crippen LogP contribution in [0.15, 0.2) is 72.2 Å². The molecule has 0 saturated heterocycles. The van der Waals surface area contributed by atoms with Crippen LogP contribution in [-0.2, 0) is 16.0 Å². The molecular weight excluding hydrogens is 380 g/mol. The van der Waals surface area contributed by atoms with Gasteiger partial charge in [-0.3, -0.25) is 19.6 Å². The first-order valence-electron chi connectivity index (χ1n) is 9.48. The molecule has 150 valence electrons. The first-order valence-corrected chi connectivity index (χ1v) is 9.48. The Kier molecular flexibility index (Phi) is 5.34. The van der Waals surface area contributed by atoms with Crippen LogP contribution in [0.5, 0.6) is 5.75 Å². The number of rotatable bonds is 6. The Bertz CT molecular complexity index is 1130. The zero-order valence-electron chi connectivity index (χ0n) is 16.6. The van der Waals surface area contributed by atoms with Crippen molar-refractivity contribution in [1.29, 1.82) is 0 Å². The lowest BCUT2D eigenvalue weighted by Gasteiger charge is -2.15. The fraction of sp³-hybridized carbons (Fsp3) is 0.174. The molecule has 1 aliphatic heterocycles. The van der Waals surface area contributed by atoms with Gasteiger partial charge in [0.05, 0.1) is 30.4 Å². The first-order chi connectivity index (χ1) is 14.6. The summed E-state index contributed by atoms with van der Waals surface area (Å²) in [5.74, 6) is -0.820. The minimum absolute atomic E-state index is 0.128. The number of Topliss-reactive ketones (excluding diaryl/α,β-unsaturated/α-hetero) is 1. The van der Waals surface area contributed by atoms with Crippen LogP contribution in [0.3, 0.4) is 0 Å². The minimum Gasteiger partial charge on any atom is -0.497 e. The maximum atomic E-state index is 13.0. The van der Waals surface area contributed by atoms with Crippen molar-refractivity contribution >= 4 is 23.1 Å². The molecule has 0 fully saturated rings. The third-order valence-electron chi connectivity index (χ3n) is 4.92. The van der Waals surface area contributed by atoms with Crippen LogP contribution >= 0.6 is 0 Å². The molecule has 0 aliphatic carbocycles. The van der Waals surface area contributed by atoms with E-state index in [9.17, 15) is 9.59 Å². The van der Waals surface area contributed by atoms with E-state index < -0.39 is 5.92 Å². The summed E-state index contributed by atoms with van der Waals surface area (Å²) >= 11 is 0. The molecule has 1 unspecified atom stereocenters. The fourth-order valence-corrected chi connectivity index (χ4v) is 3.46. The third-order valence-corrected chi connectivity index (χ3v) is 4.92. The number of benzene rings is 2. The predicted molar refractivity (Wildman–Crippen MR) is 113 cm³/mol. The normalized spacial score (nSPS) is 15.8. The quantitative estimate of drug-likeness (QED) is 0.593. The highest BCUT2D eigenvalue weighted by molar-refractivity contribution is 6.27. The van der Waals surface area contributed by atoms with E-state index in [0.717, 1.165) is 16.8 Å². The smallest absolute Gasteiger partial charge is 0.263 e. The van der Waals surface area contributed by atoms with Gasteiger partial charge in [-0.15, -0.1) is 0 Å². The lowest BCUT2D eigenvalue weighted by atomic mass is 9.93. The lowest BCUT2D eigenvalue weighted by molar-refractivity contribution is -0.128. The van der Waals surface area contributed by atoms with Gasteiger partial charge in [-0.2, -0.15) is 10.1 Å². The molecule has 3 aromatic rings. The molecular formula is C23H20N4O3. The Labute approximate surface area is 174 Å². The van der Waals surface area contributed by atoms with Crippen molar-refractivity contribution < 1.29 is 14.3 Å². The van der Waals surface area contributed by atoms with Gasteiger partial charge in [0.1, 0.15) is 11.7 Å². The summed E-state index contributed by atoms with van der Waals surface area (Å²) in [4.78, 5) is 34.3. The Morgan fingerprint density at radius 2 is 1.97 bits per heavy atom. The van der Waals surface area contributed by atoms with Crippen LogP contribution in [-0.4, -0.2) is 34.5 Å². The average Bonchev–Trinajstić information content (AvgIpc) is 3.08.